The SMILES string of the molecule is CCCNCc1ccnc(Oc2ccc(Cl)c(Cl)c2)c1. The number of nitrogens with one attached hydrogen (secondary N) is 1. The molecule has 1 aromatic heterocycles. The molecule has 2 rings (SSSR count). The maximum absolute atomic E-state index is 5.95. The first-order valence-corrected chi connectivity index (χ1v) is 7.23. The summed E-state index contributed by atoms with van der Waals surface area (Å²) in [6, 6.07) is 9.01. The third-order valence-electron chi connectivity index (χ3n) is 2.67. The highest BCUT2D eigenvalue weighted by atomic mass is 35.5. The zero-order valence-corrected chi connectivity index (χ0v) is 12.7. The number of hydrogen-bond donors (Lipinski definition) is 1. The highest BCUT2D eigenvalue weighted by Crippen LogP contribution is 2.28. The van der Waals surface area contributed by atoms with E-state index in [-0.39, 0.29) is 0 Å². The monoisotopic (exact) mass is 310 g/mol. The van der Waals surface area contributed by atoms with Crippen LogP contribution in [0.1, 0.15) is 18.9 Å². The van der Waals surface area contributed by atoms with Gasteiger partial charge in [0.2, 0.25) is 5.88 Å². The topological polar surface area (TPSA) is 34.2 Å². The molecule has 0 bridgehead atoms. The summed E-state index contributed by atoms with van der Waals surface area (Å²) in [7, 11) is 0. The lowest BCUT2D eigenvalue weighted by molar-refractivity contribution is 0.461. The molecule has 0 aliphatic heterocycles. The van der Waals surface area contributed by atoms with Crippen molar-refractivity contribution >= 4 is 23.2 Å². The van der Waals surface area contributed by atoms with Gasteiger partial charge in [-0.2, -0.15) is 0 Å². The van der Waals surface area contributed by atoms with Gasteiger partial charge in [0, 0.05) is 24.9 Å². The molecule has 0 amide bonds. The van der Waals surface area contributed by atoms with Gasteiger partial charge in [0.25, 0.3) is 0 Å². The Morgan fingerprint density at radius 3 is 2.75 bits per heavy atom. The Morgan fingerprint density at radius 1 is 1.15 bits per heavy atom. The van der Waals surface area contributed by atoms with Crippen LogP contribution in [0.25, 0.3) is 0 Å². The van der Waals surface area contributed by atoms with Crippen LogP contribution < -0.4 is 10.1 Å². The molecule has 0 saturated heterocycles. The Kier molecular flexibility index (Phi) is 5.65. The average Bonchev–Trinajstić information content (AvgIpc) is 2.44. The van der Waals surface area contributed by atoms with Crippen LogP contribution in [0.5, 0.6) is 11.6 Å². The molecule has 0 fully saturated rings. The van der Waals surface area contributed by atoms with Crippen molar-refractivity contribution in [3.63, 3.8) is 0 Å². The van der Waals surface area contributed by atoms with Gasteiger partial charge in [-0.15, -0.1) is 0 Å². The molecule has 1 aromatic carbocycles. The molecule has 1 heterocycles. The van der Waals surface area contributed by atoms with Crippen molar-refractivity contribution in [3.05, 3.63) is 52.1 Å². The first kappa shape index (κ1) is 15.1. The second kappa shape index (κ2) is 7.48. The van der Waals surface area contributed by atoms with E-state index in [9.17, 15) is 0 Å². The zero-order valence-electron chi connectivity index (χ0n) is 11.2. The summed E-state index contributed by atoms with van der Waals surface area (Å²) in [4.78, 5) is 4.19. The summed E-state index contributed by atoms with van der Waals surface area (Å²) in [5.74, 6) is 1.16. The lowest BCUT2D eigenvalue weighted by atomic mass is 10.2. The van der Waals surface area contributed by atoms with E-state index in [1.807, 2.05) is 12.1 Å². The van der Waals surface area contributed by atoms with Crippen LogP contribution >= 0.6 is 23.2 Å². The van der Waals surface area contributed by atoms with Crippen LogP contribution in [0, 0.1) is 0 Å². The summed E-state index contributed by atoms with van der Waals surface area (Å²) in [6.07, 6.45) is 2.84. The van der Waals surface area contributed by atoms with Crippen molar-refractivity contribution in [2.24, 2.45) is 0 Å². The molecule has 0 aliphatic carbocycles. The highest BCUT2D eigenvalue weighted by Gasteiger charge is 2.03. The van der Waals surface area contributed by atoms with Gasteiger partial charge in [-0.05, 0) is 36.7 Å². The van der Waals surface area contributed by atoms with Gasteiger partial charge in [-0.25, -0.2) is 4.98 Å². The Labute approximate surface area is 128 Å². The third-order valence-corrected chi connectivity index (χ3v) is 3.41. The van der Waals surface area contributed by atoms with Crippen LogP contribution in [0.4, 0.5) is 0 Å². The largest absolute Gasteiger partial charge is 0.439 e. The van der Waals surface area contributed by atoms with Crippen molar-refractivity contribution in [1.82, 2.24) is 10.3 Å². The van der Waals surface area contributed by atoms with Gasteiger partial charge in [0.1, 0.15) is 5.75 Å². The molecule has 0 atom stereocenters. The smallest absolute Gasteiger partial charge is 0.219 e. The van der Waals surface area contributed by atoms with Gasteiger partial charge >= 0.3 is 0 Å². The Balaban J connectivity index is 2.05. The normalized spacial score (nSPS) is 10.6. The van der Waals surface area contributed by atoms with Gasteiger partial charge in [0.15, 0.2) is 0 Å². The second-order valence-corrected chi connectivity index (χ2v) is 5.17. The molecule has 20 heavy (non-hydrogen) atoms. The number of hydrogen-bond acceptors (Lipinski definition) is 3. The number of ether oxygens (including phenoxy) is 1. The van der Waals surface area contributed by atoms with E-state index in [2.05, 4.69) is 17.2 Å². The summed E-state index contributed by atoms with van der Waals surface area (Å²) in [5, 5.41) is 4.30. The van der Waals surface area contributed by atoms with Gasteiger partial charge in [0.05, 0.1) is 10.0 Å². The Morgan fingerprint density at radius 2 is 2.00 bits per heavy atom. The van der Waals surface area contributed by atoms with E-state index in [0.29, 0.717) is 21.7 Å². The minimum absolute atomic E-state index is 0.463. The van der Waals surface area contributed by atoms with E-state index in [1.165, 1.54) is 0 Å². The number of benzene rings is 1. The average molecular weight is 311 g/mol. The van der Waals surface area contributed by atoms with Crippen LogP contribution in [0.2, 0.25) is 10.0 Å². The summed E-state index contributed by atoms with van der Waals surface area (Å²) >= 11 is 11.8. The fraction of sp³-hybridized carbons (Fsp3) is 0.267. The lowest BCUT2D eigenvalue weighted by Crippen LogP contribution is -2.13. The molecule has 1 N–H and O–H groups in total. The number of rotatable bonds is 6. The molecule has 106 valence electrons. The van der Waals surface area contributed by atoms with Crippen molar-refractivity contribution in [3.8, 4) is 11.6 Å². The standard InChI is InChI=1S/C15H16Cl2N2O/c1-2-6-18-10-11-5-7-19-15(8-11)20-12-3-4-13(16)14(17)9-12/h3-5,7-9,18H,2,6,10H2,1H3. The van der Waals surface area contributed by atoms with E-state index in [0.717, 1.165) is 25.1 Å². The summed E-state index contributed by atoms with van der Waals surface area (Å²) in [5.41, 5.74) is 1.13. The first-order valence-electron chi connectivity index (χ1n) is 6.47. The molecule has 0 spiro atoms. The Bertz CT molecular complexity index is 576. The quantitative estimate of drug-likeness (QED) is 0.787. The van der Waals surface area contributed by atoms with E-state index < -0.39 is 0 Å². The fourth-order valence-electron chi connectivity index (χ4n) is 1.69. The molecule has 0 saturated carbocycles. The predicted octanol–water partition coefficient (Wildman–Crippen LogP) is 4.68. The van der Waals surface area contributed by atoms with Gasteiger partial charge in [-0.3, -0.25) is 0 Å². The van der Waals surface area contributed by atoms with E-state index in [1.54, 1.807) is 24.4 Å². The van der Waals surface area contributed by atoms with Crippen molar-refractivity contribution in [2.45, 2.75) is 19.9 Å². The number of nitrogens with zero attached hydrogens (tertiary/aromatic N) is 1. The number of aromatic nitrogens is 1. The molecule has 2 aromatic rings. The van der Waals surface area contributed by atoms with Crippen molar-refractivity contribution in [2.75, 3.05) is 6.54 Å². The fourth-order valence-corrected chi connectivity index (χ4v) is 1.97. The van der Waals surface area contributed by atoms with Gasteiger partial charge < -0.3 is 10.1 Å². The number of pyridine rings is 1. The van der Waals surface area contributed by atoms with Crippen LogP contribution in [0.15, 0.2) is 36.5 Å². The van der Waals surface area contributed by atoms with Crippen LogP contribution in [-0.2, 0) is 6.54 Å². The maximum atomic E-state index is 5.95. The molecule has 0 unspecified atom stereocenters. The Hall–Kier alpha value is -1.29. The third kappa shape index (κ3) is 4.37. The predicted molar refractivity (Wildman–Crippen MR) is 82.8 cm³/mol. The van der Waals surface area contributed by atoms with Crippen molar-refractivity contribution < 1.29 is 4.74 Å². The highest BCUT2D eigenvalue weighted by molar-refractivity contribution is 6.42. The van der Waals surface area contributed by atoms with Gasteiger partial charge in [-0.1, -0.05) is 30.1 Å². The lowest BCUT2D eigenvalue weighted by Gasteiger charge is -2.08. The van der Waals surface area contributed by atoms with Crippen LogP contribution in [0.3, 0.4) is 0 Å². The summed E-state index contributed by atoms with van der Waals surface area (Å²) in [6.45, 7) is 3.93. The molecular weight excluding hydrogens is 295 g/mol. The number of halogens is 2. The van der Waals surface area contributed by atoms with Crippen LogP contribution in [-0.4, -0.2) is 11.5 Å². The maximum Gasteiger partial charge on any atom is 0.219 e. The molecule has 3 nitrogen and oxygen atoms in total. The molecule has 0 aliphatic rings. The van der Waals surface area contributed by atoms with Crippen molar-refractivity contribution in [1.29, 1.82) is 0 Å². The second-order valence-electron chi connectivity index (χ2n) is 4.36. The molecular formula is C15H16Cl2N2O. The molecule has 5 heteroatoms. The van der Waals surface area contributed by atoms with E-state index in [4.69, 9.17) is 27.9 Å². The first-order chi connectivity index (χ1) is 9.69. The molecule has 0 radical (unpaired) electrons. The minimum Gasteiger partial charge on any atom is -0.439 e. The summed E-state index contributed by atoms with van der Waals surface area (Å²) < 4.78 is 5.68. The zero-order chi connectivity index (χ0) is 14.4. The van der Waals surface area contributed by atoms with E-state index >= 15 is 0 Å². The minimum atomic E-state index is 0.463.